The molecule has 6 heteroatoms. The first-order chi connectivity index (χ1) is 4.70. The molecule has 0 aromatic carbocycles. The minimum Gasteiger partial charge on any atom is -0.382 e. The summed E-state index contributed by atoms with van der Waals surface area (Å²) in [4.78, 5) is 10.2. The lowest BCUT2D eigenvalue weighted by molar-refractivity contribution is 0.259. The number of H-pyrrole nitrogens is 1. The van der Waals surface area contributed by atoms with E-state index in [4.69, 9.17) is 11.5 Å². The van der Waals surface area contributed by atoms with E-state index in [2.05, 4.69) is 15.5 Å². The van der Waals surface area contributed by atoms with E-state index in [1.165, 1.54) is 6.20 Å². The highest BCUT2D eigenvalue weighted by Crippen LogP contribution is 2.11. The number of nitrogens with two attached hydrogens (primary N) is 2. The number of primary amides is 1. The number of nitrogen functional groups attached to an aromatic ring is 1. The van der Waals surface area contributed by atoms with Gasteiger partial charge in [-0.25, -0.2) is 4.79 Å². The second kappa shape index (κ2) is 2.26. The van der Waals surface area contributed by atoms with Crippen molar-refractivity contribution in [2.24, 2.45) is 5.73 Å². The molecule has 0 atom stereocenters. The fraction of sp³-hybridized carbons (Fsp3) is 0. The fourth-order valence-electron chi connectivity index (χ4n) is 0.528. The maximum Gasteiger partial charge on any atom is 0.316 e. The van der Waals surface area contributed by atoms with Crippen molar-refractivity contribution in [3.63, 3.8) is 0 Å². The molecule has 2 amide bonds. The molecule has 1 aromatic heterocycles. The van der Waals surface area contributed by atoms with Crippen molar-refractivity contribution >= 4 is 17.5 Å². The first kappa shape index (κ1) is 6.40. The number of nitrogens with one attached hydrogen (secondary N) is 2. The van der Waals surface area contributed by atoms with Crippen molar-refractivity contribution in [2.45, 2.75) is 0 Å². The summed E-state index contributed by atoms with van der Waals surface area (Å²) in [5, 5.41) is 8.26. The van der Waals surface area contributed by atoms with Crippen LogP contribution >= 0.6 is 0 Å². The molecule has 0 aliphatic carbocycles. The van der Waals surface area contributed by atoms with Gasteiger partial charge < -0.3 is 16.8 Å². The highest BCUT2D eigenvalue weighted by atomic mass is 16.2. The van der Waals surface area contributed by atoms with E-state index >= 15 is 0 Å². The predicted octanol–water partition coefficient (Wildman–Crippen LogP) is -0.518. The smallest absolute Gasteiger partial charge is 0.316 e. The number of urea groups is 1. The molecule has 0 aliphatic rings. The zero-order valence-corrected chi connectivity index (χ0v) is 5.09. The lowest BCUT2D eigenvalue weighted by atomic mass is 10.5. The third-order valence-corrected chi connectivity index (χ3v) is 0.927. The number of rotatable bonds is 1. The summed E-state index contributed by atoms with van der Waals surface area (Å²) in [5.41, 5.74) is 10.5. The highest BCUT2D eigenvalue weighted by molar-refractivity contribution is 5.90. The molecule has 0 bridgehead atoms. The Hall–Kier alpha value is -1.72. The van der Waals surface area contributed by atoms with Gasteiger partial charge in [0.15, 0.2) is 0 Å². The number of anilines is 2. The zero-order valence-electron chi connectivity index (χ0n) is 5.09. The minimum absolute atomic E-state index is 0.291. The molecule has 0 saturated carbocycles. The van der Waals surface area contributed by atoms with Crippen molar-refractivity contribution in [1.82, 2.24) is 10.2 Å². The van der Waals surface area contributed by atoms with E-state index in [9.17, 15) is 4.79 Å². The Morgan fingerprint density at radius 2 is 2.50 bits per heavy atom. The maximum atomic E-state index is 10.2. The van der Waals surface area contributed by atoms with Crippen LogP contribution in [0, 0.1) is 0 Å². The first-order valence-corrected chi connectivity index (χ1v) is 2.55. The number of nitrogens with zero attached hydrogens (tertiary/aromatic N) is 1. The van der Waals surface area contributed by atoms with Gasteiger partial charge in [-0.05, 0) is 0 Å². The lowest BCUT2D eigenvalue weighted by Crippen LogP contribution is -2.19. The molecule has 54 valence electrons. The van der Waals surface area contributed by atoms with Crippen LogP contribution < -0.4 is 16.8 Å². The Balaban J connectivity index is 2.74. The van der Waals surface area contributed by atoms with E-state index in [-0.39, 0.29) is 0 Å². The number of hydrogen-bond donors (Lipinski definition) is 4. The van der Waals surface area contributed by atoms with Crippen LogP contribution in [0.25, 0.3) is 0 Å². The third-order valence-electron chi connectivity index (χ3n) is 0.927. The van der Waals surface area contributed by atoms with Gasteiger partial charge >= 0.3 is 6.03 Å². The summed E-state index contributed by atoms with van der Waals surface area (Å²) >= 11 is 0. The van der Waals surface area contributed by atoms with Gasteiger partial charge in [0.2, 0.25) is 0 Å². The summed E-state index contributed by atoms with van der Waals surface area (Å²) in [6.45, 7) is 0. The molecule has 1 aromatic rings. The average Bonchev–Trinajstić information content (AvgIpc) is 2.15. The summed E-state index contributed by atoms with van der Waals surface area (Å²) in [6.07, 6.45) is 1.38. The molecule has 0 unspecified atom stereocenters. The van der Waals surface area contributed by atoms with Gasteiger partial charge in [-0.15, -0.1) is 0 Å². The van der Waals surface area contributed by atoms with Gasteiger partial charge in [-0.1, -0.05) is 0 Å². The van der Waals surface area contributed by atoms with Crippen LogP contribution in [0.4, 0.5) is 16.3 Å². The summed E-state index contributed by atoms with van der Waals surface area (Å²) in [7, 11) is 0. The fourth-order valence-corrected chi connectivity index (χ4v) is 0.528. The van der Waals surface area contributed by atoms with Crippen LogP contribution in [-0.2, 0) is 0 Å². The van der Waals surface area contributed by atoms with Gasteiger partial charge in [0.25, 0.3) is 0 Å². The average molecular weight is 141 g/mol. The number of aromatic nitrogens is 2. The Bertz CT molecular complexity index is 242. The third kappa shape index (κ3) is 1.16. The number of hydrogen-bond acceptors (Lipinski definition) is 3. The van der Waals surface area contributed by atoms with Crippen LogP contribution in [0.1, 0.15) is 0 Å². The first-order valence-electron chi connectivity index (χ1n) is 2.55. The van der Waals surface area contributed by atoms with E-state index in [1.54, 1.807) is 0 Å². The molecule has 1 heterocycles. The molecule has 1 rings (SSSR count). The Morgan fingerprint density at radius 3 is 2.90 bits per heavy atom. The second-order valence-corrected chi connectivity index (χ2v) is 1.69. The van der Waals surface area contributed by atoms with Crippen molar-refractivity contribution < 1.29 is 4.79 Å². The molecule has 0 fully saturated rings. The molecule has 0 aliphatic heterocycles. The SMILES string of the molecule is NC(=O)Nc1cn[nH]c1N. The Morgan fingerprint density at radius 1 is 1.80 bits per heavy atom. The second-order valence-electron chi connectivity index (χ2n) is 1.69. The predicted molar refractivity (Wildman–Crippen MR) is 36.2 cm³/mol. The van der Waals surface area contributed by atoms with E-state index in [0.29, 0.717) is 11.5 Å². The van der Waals surface area contributed by atoms with E-state index in [1.807, 2.05) is 0 Å². The lowest BCUT2D eigenvalue weighted by Gasteiger charge is -1.95. The monoisotopic (exact) mass is 141 g/mol. The highest BCUT2D eigenvalue weighted by Gasteiger charge is 2.00. The molecule has 10 heavy (non-hydrogen) atoms. The summed E-state index contributed by atoms with van der Waals surface area (Å²) in [6, 6.07) is -0.659. The Labute approximate surface area is 56.6 Å². The molecular weight excluding hydrogens is 134 g/mol. The van der Waals surface area contributed by atoms with Crippen molar-refractivity contribution in [2.75, 3.05) is 11.1 Å². The van der Waals surface area contributed by atoms with Gasteiger partial charge in [0.05, 0.1) is 6.20 Å². The number of aromatic amines is 1. The largest absolute Gasteiger partial charge is 0.382 e. The molecule has 0 saturated heterocycles. The molecule has 6 nitrogen and oxygen atoms in total. The summed E-state index contributed by atoms with van der Waals surface area (Å²) in [5.74, 6) is 0.291. The molecule has 0 spiro atoms. The normalized spacial score (nSPS) is 9.20. The van der Waals surface area contributed by atoms with Crippen molar-refractivity contribution in [3.8, 4) is 0 Å². The van der Waals surface area contributed by atoms with Crippen molar-refractivity contribution in [3.05, 3.63) is 6.20 Å². The van der Waals surface area contributed by atoms with Crippen molar-refractivity contribution in [1.29, 1.82) is 0 Å². The number of carbonyl (C=O) groups excluding carboxylic acids is 1. The molecular formula is C4H7N5O. The number of carbonyl (C=O) groups is 1. The number of amides is 2. The minimum atomic E-state index is -0.659. The van der Waals surface area contributed by atoms with E-state index < -0.39 is 6.03 Å². The van der Waals surface area contributed by atoms with Gasteiger partial charge in [-0.2, -0.15) is 5.10 Å². The van der Waals surface area contributed by atoms with Crippen LogP contribution in [-0.4, -0.2) is 16.2 Å². The van der Waals surface area contributed by atoms with Crippen LogP contribution in [0.3, 0.4) is 0 Å². The topological polar surface area (TPSA) is 110 Å². The van der Waals surface area contributed by atoms with Crippen LogP contribution in [0.15, 0.2) is 6.20 Å². The quantitative estimate of drug-likeness (QED) is 0.422. The Kier molecular flexibility index (Phi) is 1.44. The van der Waals surface area contributed by atoms with Gasteiger partial charge in [-0.3, -0.25) is 5.10 Å². The van der Waals surface area contributed by atoms with E-state index in [0.717, 1.165) is 0 Å². The standard InChI is InChI=1S/C4H7N5O/c5-3-2(1-7-9-3)8-4(6)10/h1H,(H3,5,7,9)(H3,6,8,10). The zero-order chi connectivity index (χ0) is 7.56. The van der Waals surface area contributed by atoms with Crippen LogP contribution in [0.2, 0.25) is 0 Å². The van der Waals surface area contributed by atoms with Crippen LogP contribution in [0.5, 0.6) is 0 Å². The summed E-state index contributed by atoms with van der Waals surface area (Å²) < 4.78 is 0. The molecule has 0 radical (unpaired) electrons. The maximum absolute atomic E-state index is 10.2. The van der Waals surface area contributed by atoms with Gasteiger partial charge in [0, 0.05) is 0 Å². The molecule has 6 N–H and O–H groups in total. The van der Waals surface area contributed by atoms with Gasteiger partial charge in [0.1, 0.15) is 11.5 Å².